The Hall–Kier alpha value is -1.17. The summed E-state index contributed by atoms with van der Waals surface area (Å²) >= 11 is 0. The highest BCUT2D eigenvalue weighted by molar-refractivity contribution is 5.64. The number of terminal acetylenes is 1. The van der Waals surface area contributed by atoms with Gasteiger partial charge in [0.2, 0.25) is 0 Å². The summed E-state index contributed by atoms with van der Waals surface area (Å²) < 4.78 is 0. The third-order valence-electron chi connectivity index (χ3n) is 0.918. The molecule has 0 spiro atoms. The van der Waals surface area contributed by atoms with Crippen molar-refractivity contribution in [3.8, 4) is 12.3 Å². The lowest BCUT2D eigenvalue weighted by atomic mass is 10.4. The van der Waals surface area contributed by atoms with E-state index < -0.39 is 6.09 Å². The molecule has 0 aliphatic heterocycles. The predicted octanol–water partition coefficient (Wildman–Crippen LogP) is 0.620. The van der Waals surface area contributed by atoms with Crippen molar-refractivity contribution in [3.63, 3.8) is 0 Å². The van der Waals surface area contributed by atoms with E-state index in [1.165, 1.54) is 7.05 Å². The molecule has 0 saturated heterocycles. The zero-order chi connectivity index (χ0) is 7.28. The van der Waals surface area contributed by atoms with E-state index in [9.17, 15) is 4.79 Å². The normalized spacial score (nSPS) is 8.00. The van der Waals surface area contributed by atoms with Crippen LogP contribution in [0, 0.1) is 12.3 Å². The average molecular weight is 127 g/mol. The molecular weight excluding hydrogens is 118 g/mol. The van der Waals surface area contributed by atoms with E-state index in [0.717, 1.165) is 4.90 Å². The molecule has 1 N–H and O–H groups in total. The monoisotopic (exact) mass is 127 g/mol. The van der Waals surface area contributed by atoms with Crippen molar-refractivity contribution < 1.29 is 9.90 Å². The van der Waals surface area contributed by atoms with Crippen LogP contribution in [0.2, 0.25) is 0 Å². The minimum absolute atomic E-state index is 0.409. The maximum atomic E-state index is 10.1. The molecule has 50 valence electrons. The van der Waals surface area contributed by atoms with Crippen LogP contribution in [0.25, 0.3) is 0 Å². The standard InChI is InChI=1S/C6H9NO2/c1-3-4-5-7(2)6(8)9/h1H,4-5H2,2H3,(H,8,9). The van der Waals surface area contributed by atoms with Gasteiger partial charge in [0.15, 0.2) is 0 Å². The molecular formula is C6H9NO2. The summed E-state index contributed by atoms with van der Waals surface area (Å²) in [5.41, 5.74) is 0. The molecule has 0 aromatic carbocycles. The second-order valence-corrected chi connectivity index (χ2v) is 1.66. The zero-order valence-electron chi connectivity index (χ0n) is 5.29. The Morgan fingerprint density at radius 3 is 2.78 bits per heavy atom. The van der Waals surface area contributed by atoms with Gasteiger partial charge in [-0.1, -0.05) is 0 Å². The largest absolute Gasteiger partial charge is 0.465 e. The van der Waals surface area contributed by atoms with E-state index >= 15 is 0 Å². The van der Waals surface area contributed by atoms with Crippen molar-refractivity contribution in [1.82, 2.24) is 4.90 Å². The highest BCUT2D eigenvalue weighted by atomic mass is 16.4. The smallest absolute Gasteiger partial charge is 0.407 e. The second-order valence-electron chi connectivity index (χ2n) is 1.66. The molecule has 0 radical (unpaired) electrons. The number of amides is 1. The van der Waals surface area contributed by atoms with Crippen LogP contribution in [0.1, 0.15) is 6.42 Å². The van der Waals surface area contributed by atoms with Crippen LogP contribution in [0.15, 0.2) is 0 Å². The van der Waals surface area contributed by atoms with Crippen molar-refractivity contribution in [1.29, 1.82) is 0 Å². The number of rotatable bonds is 2. The average Bonchev–Trinajstić information content (AvgIpc) is 1.82. The summed E-state index contributed by atoms with van der Waals surface area (Å²) in [6, 6.07) is 0. The molecule has 0 atom stereocenters. The summed E-state index contributed by atoms with van der Waals surface area (Å²) in [6.07, 6.45) is 4.44. The number of carboxylic acid groups (broad SMARTS) is 1. The van der Waals surface area contributed by atoms with Gasteiger partial charge in [0.1, 0.15) is 0 Å². The molecule has 3 nitrogen and oxygen atoms in total. The van der Waals surface area contributed by atoms with E-state index in [0.29, 0.717) is 13.0 Å². The molecule has 0 aliphatic rings. The van der Waals surface area contributed by atoms with E-state index in [4.69, 9.17) is 11.5 Å². The van der Waals surface area contributed by atoms with E-state index in [1.807, 2.05) is 0 Å². The lowest BCUT2D eigenvalue weighted by Crippen LogP contribution is -2.25. The number of nitrogens with zero attached hydrogens (tertiary/aromatic N) is 1. The Morgan fingerprint density at radius 2 is 2.44 bits per heavy atom. The maximum absolute atomic E-state index is 10.1. The van der Waals surface area contributed by atoms with Crippen LogP contribution >= 0.6 is 0 Å². The highest BCUT2D eigenvalue weighted by Crippen LogP contribution is 1.84. The third kappa shape index (κ3) is 3.42. The lowest BCUT2D eigenvalue weighted by molar-refractivity contribution is 0.157. The van der Waals surface area contributed by atoms with Crippen molar-refractivity contribution >= 4 is 6.09 Å². The third-order valence-corrected chi connectivity index (χ3v) is 0.918. The second kappa shape index (κ2) is 3.79. The molecule has 0 saturated carbocycles. The first kappa shape index (κ1) is 7.83. The van der Waals surface area contributed by atoms with Gasteiger partial charge < -0.3 is 10.0 Å². The summed E-state index contributed by atoms with van der Waals surface area (Å²) in [5.74, 6) is 2.35. The Kier molecular flexibility index (Phi) is 3.29. The molecule has 3 heteroatoms. The van der Waals surface area contributed by atoms with Crippen molar-refractivity contribution in [3.05, 3.63) is 0 Å². The van der Waals surface area contributed by atoms with Gasteiger partial charge in [0.05, 0.1) is 0 Å². The van der Waals surface area contributed by atoms with Gasteiger partial charge in [-0.2, -0.15) is 0 Å². The molecule has 0 unspecified atom stereocenters. The Morgan fingerprint density at radius 1 is 1.89 bits per heavy atom. The molecule has 0 rings (SSSR count). The summed E-state index contributed by atoms with van der Waals surface area (Å²) in [6.45, 7) is 0.409. The lowest BCUT2D eigenvalue weighted by Gasteiger charge is -2.08. The molecule has 0 aliphatic carbocycles. The maximum Gasteiger partial charge on any atom is 0.407 e. The summed E-state index contributed by atoms with van der Waals surface area (Å²) in [5, 5.41) is 8.27. The van der Waals surface area contributed by atoms with Crippen LogP contribution in [0.4, 0.5) is 4.79 Å². The van der Waals surface area contributed by atoms with E-state index in [-0.39, 0.29) is 0 Å². The first-order chi connectivity index (χ1) is 4.18. The fourth-order valence-corrected chi connectivity index (χ4v) is 0.328. The SMILES string of the molecule is C#CCCN(C)C(=O)O. The van der Waals surface area contributed by atoms with E-state index in [2.05, 4.69) is 5.92 Å². The van der Waals surface area contributed by atoms with Gasteiger partial charge in [-0.05, 0) is 0 Å². The number of carbonyl (C=O) groups is 1. The van der Waals surface area contributed by atoms with Gasteiger partial charge >= 0.3 is 6.09 Å². The minimum atomic E-state index is -0.940. The number of hydrogen-bond acceptors (Lipinski definition) is 1. The molecule has 0 heterocycles. The summed E-state index contributed by atoms with van der Waals surface area (Å²) in [4.78, 5) is 11.2. The summed E-state index contributed by atoms with van der Waals surface area (Å²) in [7, 11) is 1.49. The molecule has 1 amide bonds. The highest BCUT2D eigenvalue weighted by Gasteiger charge is 2.01. The fourth-order valence-electron chi connectivity index (χ4n) is 0.328. The van der Waals surface area contributed by atoms with Gasteiger partial charge in [0, 0.05) is 20.0 Å². The predicted molar refractivity (Wildman–Crippen MR) is 34.1 cm³/mol. The fraction of sp³-hybridized carbons (Fsp3) is 0.500. The molecule has 9 heavy (non-hydrogen) atoms. The molecule has 0 aromatic rings. The molecule has 0 bridgehead atoms. The Balaban J connectivity index is 3.41. The quantitative estimate of drug-likeness (QED) is 0.552. The zero-order valence-corrected chi connectivity index (χ0v) is 5.29. The van der Waals surface area contributed by atoms with E-state index in [1.54, 1.807) is 0 Å². The van der Waals surface area contributed by atoms with Gasteiger partial charge in [-0.25, -0.2) is 4.79 Å². The first-order valence-electron chi connectivity index (χ1n) is 2.56. The van der Waals surface area contributed by atoms with Crippen LogP contribution in [-0.4, -0.2) is 29.7 Å². The van der Waals surface area contributed by atoms with Gasteiger partial charge in [-0.3, -0.25) is 0 Å². The van der Waals surface area contributed by atoms with Crippen LogP contribution in [0.3, 0.4) is 0 Å². The first-order valence-corrected chi connectivity index (χ1v) is 2.56. The number of hydrogen-bond donors (Lipinski definition) is 1. The van der Waals surface area contributed by atoms with Crippen LogP contribution in [0.5, 0.6) is 0 Å². The van der Waals surface area contributed by atoms with Crippen molar-refractivity contribution in [2.24, 2.45) is 0 Å². The molecule has 0 aromatic heterocycles. The van der Waals surface area contributed by atoms with Crippen molar-refractivity contribution in [2.45, 2.75) is 6.42 Å². The van der Waals surface area contributed by atoms with Gasteiger partial charge in [0.25, 0.3) is 0 Å². The molecule has 0 fully saturated rings. The minimum Gasteiger partial charge on any atom is -0.465 e. The van der Waals surface area contributed by atoms with Crippen LogP contribution in [-0.2, 0) is 0 Å². The topological polar surface area (TPSA) is 40.5 Å². The van der Waals surface area contributed by atoms with Crippen molar-refractivity contribution in [2.75, 3.05) is 13.6 Å². The Labute approximate surface area is 54.3 Å². The van der Waals surface area contributed by atoms with Crippen LogP contribution < -0.4 is 0 Å². The Bertz CT molecular complexity index is 136. The van der Waals surface area contributed by atoms with Gasteiger partial charge in [-0.15, -0.1) is 12.3 Å².